The second kappa shape index (κ2) is 4.25. The highest BCUT2D eigenvalue weighted by Gasteiger charge is 2.28. The van der Waals surface area contributed by atoms with E-state index in [1.165, 1.54) is 0 Å². The summed E-state index contributed by atoms with van der Waals surface area (Å²) < 4.78 is 0. The Hall–Kier alpha value is -1.75. The van der Waals surface area contributed by atoms with Crippen LogP contribution in [-0.2, 0) is 0 Å². The summed E-state index contributed by atoms with van der Waals surface area (Å²) in [7, 11) is 0. The molecule has 0 spiro atoms. The summed E-state index contributed by atoms with van der Waals surface area (Å²) in [5.41, 5.74) is 0.950. The number of benzene rings is 1. The van der Waals surface area contributed by atoms with Crippen molar-refractivity contribution in [3.8, 4) is 11.4 Å². The average molecular weight is 230 g/mol. The van der Waals surface area contributed by atoms with Crippen molar-refractivity contribution in [2.24, 2.45) is 0 Å². The Morgan fingerprint density at radius 1 is 1.18 bits per heavy atom. The van der Waals surface area contributed by atoms with Crippen LogP contribution in [-0.4, -0.2) is 31.4 Å². The van der Waals surface area contributed by atoms with E-state index in [9.17, 15) is 5.11 Å². The van der Waals surface area contributed by atoms with Crippen LogP contribution < -0.4 is 0 Å². The SMILES string of the molecule is O[C@@H]1CCC[C@H]1n1nnc(-c2ccccc2)n1. The van der Waals surface area contributed by atoms with Crippen molar-refractivity contribution in [1.29, 1.82) is 0 Å². The second-order valence-electron chi connectivity index (χ2n) is 4.37. The highest BCUT2D eigenvalue weighted by atomic mass is 16.3. The maximum atomic E-state index is 9.79. The summed E-state index contributed by atoms with van der Waals surface area (Å²) in [6.07, 6.45) is 2.43. The van der Waals surface area contributed by atoms with E-state index in [0.717, 1.165) is 24.8 Å². The summed E-state index contributed by atoms with van der Waals surface area (Å²) in [6, 6.07) is 9.73. The Bertz CT molecular complexity index is 496. The van der Waals surface area contributed by atoms with Crippen LogP contribution in [0.1, 0.15) is 25.3 Å². The normalized spacial score (nSPS) is 24.1. The first-order chi connectivity index (χ1) is 8.34. The minimum Gasteiger partial charge on any atom is -0.391 e. The molecule has 5 nitrogen and oxygen atoms in total. The lowest BCUT2D eigenvalue weighted by molar-refractivity contribution is 0.121. The quantitative estimate of drug-likeness (QED) is 0.847. The molecule has 0 saturated heterocycles. The molecular formula is C12H14N4O. The van der Waals surface area contributed by atoms with Crippen molar-refractivity contribution in [1.82, 2.24) is 20.2 Å². The molecule has 1 saturated carbocycles. The van der Waals surface area contributed by atoms with Crippen LogP contribution in [0, 0.1) is 0 Å². The number of hydrogen-bond donors (Lipinski definition) is 1. The van der Waals surface area contributed by atoms with Gasteiger partial charge in [0, 0.05) is 5.56 Å². The van der Waals surface area contributed by atoms with Crippen molar-refractivity contribution in [3.63, 3.8) is 0 Å². The zero-order valence-electron chi connectivity index (χ0n) is 9.40. The molecule has 1 aromatic carbocycles. The van der Waals surface area contributed by atoms with Crippen molar-refractivity contribution in [2.75, 3.05) is 0 Å². The highest BCUT2D eigenvalue weighted by Crippen LogP contribution is 2.28. The van der Waals surface area contributed by atoms with E-state index in [4.69, 9.17) is 0 Å². The van der Waals surface area contributed by atoms with E-state index in [0.29, 0.717) is 5.82 Å². The molecule has 0 aliphatic heterocycles. The predicted molar refractivity (Wildman–Crippen MR) is 62.1 cm³/mol. The minimum atomic E-state index is -0.340. The topological polar surface area (TPSA) is 63.8 Å². The Kier molecular flexibility index (Phi) is 2.60. The largest absolute Gasteiger partial charge is 0.391 e. The second-order valence-corrected chi connectivity index (χ2v) is 4.37. The van der Waals surface area contributed by atoms with Gasteiger partial charge in [0.1, 0.15) is 0 Å². The zero-order valence-corrected chi connectivity index (χ0v) is 9.40. The third-order valence-corrected chi connectivity index (χ3v) is 3.20. The lowest BCUT2D eigenvalue weighted by Crippen LogP contribution is -2.20. The molecule has 0 unspecified atom stereocenters. The van der Waals surface area contributed by atoms with Crippen LogP contribution in [0.3, 0.4) is 0 Å². The van der Waals surface area contributed by atoms with Gasteiger partial charge in [0.25, 0.3) is 0 Å². The maximum absolute atomic E-state index is 9.79. The molecule has 0 amide bonds. The molecule has 1 fully saturated rings. The molecule has 5 heteroatoms. The fraction of sp³-hybridized carbons (Fsp3) is 0.417. The van der Waals surface area contributed by atoms with E-state index in [-0.39, 0.29) is 12.1 Å². The number of aliphatic hydroxyl groups is 1. The molecular weight excluding hydrogens is 216 g/mol. The molecule has 2 aromatic rings. The Labute approximate surface area is 99.1 Å². The van der Waals surface area contributed by atoms with Crippen molar-refractivity contribution < 1.29 is 5.11 Å². The first-order valence-electron chi connectivity index (χ1n) is 5.87. The third kappa shape index (κ3) is 1.93. The lowest BCUT2D eigenvalue weighted by atomic mass is 10.2. The monoisotopic (exact) mass is 230 g/mol. The van der Waals surface area contributed by atoms with Gasteiger partial charge in [-0.15, -0.1) is 10.2 Å². The fourth-order valence-corrected chi connectivity index (χ4v) is 2.26. The Morgan fingerprint density at radius 2 is 2.00 bits per heavy atom. The molecule has 3 rings (SSSR count). The smallest absolute Gasteiger partial charge is 0.204 e. The molecule has 1 aromatic heterocycles. The molecule has 17 heavy (non-hydrogen) atoms. The molecule has 2 atom stereocenters. The van der Waals surface area contributed by atoms with Gasteiger partial charge >= 0.3 is 0 Å². The third-order valence-electron chi connectivity index (χ3n) is 3.20. The van der Waals surface area contributed by atoms with Gasteiger partial charge < -0.3 is 5.11 Å². The van der Waals surface area contributed by atoms with Crippen LogP contribution in [0.4, 0.5) is 0 Å². The van der Waals surface area contributed by atoms with Gasteiger partial charge in [-0.25, -0.2) is 0 Å². The van der Waals surface area contributed by atoms with E-state index < -0.39 is 0 Å². The van der Waals surface area contributed by atoms with Crippen molar-refractivity contribution in [3.05, 3.63) is 30.3 Å². The summed E-state index contributed by atoms with van der Waals surface area (Å²) in [5, 5.41) is 22.2. The predicted octanol–water partition coefficient (Wildman–Crippen LogP) is 1.43. The number of aliphatic hydroxyl groups excluding tert-OH is 1. The Balaban J connectivity index is 1.88. The summed E-state index contributed by atoms with van der Waals surface area (Å²) in [5.74, 6) is 0.615. The zero-order chi connectivity index (χ0) is 11.7. The first-order valence-corrected chi connectivity index (χ1v) is 5.87. The van der Waals surface area contributed by atoms with Crippen LogP contribution in [0.25, 0.3) is 11.4 Å². The number of aromatic nitrogens is 4. The van der Waals surface area contributed by atoms with Gasteiger partial charge in [-0.05, 0) is 24.5 Å². The number of tetrazole rings is 1. The van der Waals surface area contributed by atoms with Crippen molar-refractivity contribution in [2.45, 2.75) is 31.4 Å². The lowest BCUT2D eigenvalue weighted by Gasteiger charge is -2.11. The first kappa shape index (κ1) is 10.4. The molecule has 0 radical (unpaired) electrons. The van der Waals surface area contributed by atoms with E-state index >= 15 is 0 Å². The summed E-state index contributed by atoms with van der Waals surface area (Å²) in [4.78, 5) is 1.56. The average Bonchev–Trinajstić information content (AvgIpc) is 2.98. The molecule has 1 N–H and O–H groups in total. The molecule has 0 bridgehead atoms. The van der Waals surface area contributed by atoms with Gasteiger partial charge in [-0.3, -0.25) is 0 Å². The van der Waals surface area contributed by atoms with E-state index in [1.807, 2.05) is 30.3 Å². The summed E-state index contributed by atoms with van der Waals surface area (Å²) in [6.45, 7) is 0. The van der Waals surface area contributed by atoms with Gasteiger partial charge in [-0.1, -0.05) is 30.3 Å². The maximum Gasteiger partial charge on any atom is 0.204 e. The number of hydrogen-bond acceptors (Lipinski definition) is 4. The van der Waals surface area contributed by atoms with Gasteiger partial charge in [0.15, 0.2) is 0 Å². The molecule has 1 aliphatic rings. The minimum absolute atomic E-state index is 0.0139. The van der Waals surface area contributed by atoms with Gasteiger partial charge in [-0.2, -0.15) is 4.80 Å². The standard InChI is InChI=1S/C12H14N4O/c17-11-8-4-7-10(11)16-14-12(13-15-16)9-5-2-1-3-6-9/h1-3,5-6,10-11,17H,4,7-8H2/t10-,11-/m1/s1. The van der Waals surface area contributed by atoms with Gasteiger partial charge in [0.05, 0.1) is 12.1 Å². The fourth-order valence-electron chi connectivity index (χ4n) is 2.26. The molecule has 1 heterocycles. The molecule has 88 valence electrons. The van der Waals surface area contributed by atoms with Crippen molar-refractivity contribution >= 4 is 0 Å². The number of nitrogens with zero attached hydrogens (tertiary/aromatic N) is 4. The highest BCUT2D eigenvalue weighted by molar-refractivity contribution is 5.52. The number of rotatable bonds is 2. The van der Waals surface area contributed by atoms with E-state index in [2.05, 4.69) is 15.4 Å². The van der Waals surface area contributed by atoms with Crippen LogP contribution in [0.5, 0.6) is 0 Å². The van der Waals surface area contributed by atoms with Crippen LogP contribution >= 0.6 is 0 Å². The Morgan fingerprint density at radius 3 is 2.71 bits per heavy atom. The van der Waals surface area contributed by atoms with Gasteiger partial charge in [0.2, 0.25) is 5.82 Å². The molecule has 1 aliphatic carbocycles. The summed E-state index contributed by atoms with van der Waals surface area (Å²) >= 11 is 0. The van der Waals surface area contributed by atoms with E-state index in [1.54, 1.807) is 4.80 Å². The van der Waals surface area contributed by atoms with Crippen LogP contribution in [0.15, 0.2) is 30.3 Å². The van der Waals surface area contributed by atoms with Crippen LogP contribution in [0.2, 0.25) is 0 Å².